The van der Waals surface area contributed by atoms with Crippen molar-refractivity contribution in [2.45, 2.75) is 25.8 Å². The molecule has 2 aromatic rings. The Kier molecular flexibility index (Phi) is 5.74. The zero-order valence-electron chi connectivity index (χ0n) is 11.9. The van der Waals surface area contributed by atoms with Gasteiger partial charge < -0.3 is 5.32 Å². The second-order valence-electron chi connectivity index (χ2n) is 4.90. The predicted octanol–water partition coefficient (Wildman–Crippen LogP) is 4.11. The van der Waals surface area contributed by atoms with Crippen molar-refractivity contribution in [2.24, 2.45) is 0 Å². The summed E-state index contributed by atoms with van der Waals surface area (Å²) in [4.78, 5) is 0. The molecule has 0 saturated heterocycles. The number of thioether (sulfide) groups is 1. The molecule has 0 saturated carbocycles. The van der Waals surface area contributed by atoms with Crippen molar-refractivity contribution in [2.75, 3.05) is 18.6 Å². The van der Waals surface area contributed by atoms with Crippen LogP contribution in [0.5, 0.6) is 0 Å². The smallest absolute Gasteiger partial charge is 0.0195 e. The molecule has 2 heteroatoms. The normalized spacial score (nSPS) is 12.7. The highest BCUT2D eigenvalue weighted by molar-refractivity contribution is 7.99. The summed E-state index contributed by atoms with van der Waals surface area (Å²) in [5.41, 5.74) is 1.45. The molecule has 0 aromatic heterocycles. The Morgan fingerprint density at radius 3 is 2.68 bits per heavy atom. The van der Waals surface area contributed by atoms with Gasteiger partial charge in [0.1, 0.15) is 0 Å². The van der Waals surface area contributed by atoms with Gasteiger partial charge >= 0.3 is 0 Å². The van der Waals surface area contributed by atoms with Gasteiger partial charge in [0.2, 0.25) is 0 Å². The number of rotatable bonds is 7. The van der Waals surface area contributed by atoms with Gasteiger partial charge in [0.25, 0.3) is 0 Å². The zero-order chi connectivity index (χ0) is 13.5. The Morgan fingerprint density at radius 2 is 1.89 bits per heavy atom. The number of benzene rings is 2. The fraction of sp³-hybridized carbons (Fsp3) is 0.412. The van der Waals surface area contributed by atoms with Crippen LogP contribution in [0, 0.1) is 0 Å². The van der Waals surface area contributed by atoms with Crippen molar-refractivity contribution in [1.82, 2.24) is 5.32 Å². The lowest BCUT2D eigenvalue weighted by Crippen LogP contribution is -2.30. The average Bonchev–Trinajstić information content (AvgIpc) is 2.46. The molecule has 0 aliphatic heterocycles. The first-order valence-electron chi connectivity index (χ1n) is 7.06. The first-order chi connectivity index (χ1) is 9.35. The van der Waals surface area contributed by atoms with E-state index in [0.717, 1.165) is 6.42 Å². The maximum absolute atomic E-state index is 3.45. The highest BCUT2D eigenvalue weighted by atomic mass is 32.2. The van der Waals surface area contributed by atoms with Crippen LogP contribution in [0.25, 0.3) is 10.8 Å². The van der Waals surface area contributed by atoms with Crippen molar-refractivity contribution in [3.63, 3.8) is 0 Å². The van der Waals surface area contributed by atoms with Gasteiger partial charge in [0.05, 0.1) is 0 Å². The van der Waals surface area contributed by atoms with E-state index in [-0.39, 0.29) is 0 Å². The standard InChI is InChI=1S/C17H23NS/c1-3-11-19-13-16(18-2)12-15-9-6-8-14-7-4-5-10-17(14)15/h4-10,16,18H,3,11-13H2,1-2H3. The van der Waals surface area contributed by atoms with E-state index in [2.05, 4.69) is 61.8 Å². The van der Waals surface area contributed by atoms with Crippen molar-refractivity contribution in [1.29, 1.82) is 0 Å². The molecule has 1 nitrogen and oxygen atoms in total. The third kappa shape index (κ3) is 3.99. The van der Waals surface area contributed by atoms with E-state index in [4.69, 9.17) is 0 Å². The SMILES string of the molecule is CCCSCC(Cc1cccc2ccccc12)NC. The summed E-state index contributed by atoms with van der Waals surface area (Å²) in [7, 11) is 2.07. The summed E-state index contributed by atoms with van der Waals surface area (Å²) in [5.74, 6) is 2.45. The molecule has 19 heavy (non-hydrogen) atoms. The molecule has 0 amide bonds. The molecule has 0 heterocycles. The van der Waals surface area contributed by atoms with Crippen LogP contribution in [0.3, 0.4) is 0 Å². The first kappa shape index (κ1) is 14.4. The number of hydrogen-bond donors (Lipinski definition) is 1. The third-order valence-electron chi connectivity index (χ3n) is 3.42. The molecule has 0 radical (unpaired) electrons. The molecule has 1 N–H and O–H groups in total. The molecular weight excluding hydrogens is 250 g/mol. The highest BCUT2D eigenvalue weighted by Gasteiger charge is 2.09. The van der Waals surface area contributed by atoms with E-state index in [1.54, 1.807) is 0 Å². The van der Waals surface area contributed by atoms with E-state index in [0.29, 0.717) is 6.04 Å². The van der Waals surface area contributed by atoms with Crippen LogP contribution >= 0.6 is 11.8 Å². The Hall–Kier alpha value is -0.990. The lowest BCUT2D eigenvalue weighted by atomic mass is 9.99. The molecule has 1 atom stereocenters. The molecule has 0 fully saturated rings. The van der Waals surface area contributed by atoms with Crippen molar-refractivity contribution in [3.8, 4) is 0 Å². The zero-order valence-corrected chi connectivity index (χ0v) is 12.7. The second kappa shape index (κ2) is 7.56. The van der Waals surface area contributed by atoms with Gasteiger partial charge in [0.15, 0.2) is 0 Å². The van der Waals surface area contributed by atoms with E-state index in [1.165, 1.54) is 34.3 Å². The summed E-state index contributed by atoms with van der Waals surface area (Å²) in [6.45, 7) is 2.24. The minimum Gasteiger partial charge on any atom is -0.316 e. The van der Waals surface area contributed by atoms with E-state index < -0.39 is 0 Å². The van der Waals surface area contributed by atoms with Gasteiger partial charge in [-0.3, -0.25) is 0 Å². The Morgan fingerprint density at radius 1 is 1.11 bits per heavy atom. The van der Waals surface area contributed by atoms with E-state index in [1.807, 2.05) is 11.8 Å². The lowest BCUT2D eigenvalue weighted by molar-refractivity contribution is 0.619. The quantitative estimate of drug-likeness (QED) is 0.762. The van der Waals surface area contributed by atoms with Gasteiger partial charge in [-0.25, -0.2) is 0 Å². The molecular formula is C17H23NS. The summed E-state index contributed by atoms with van der Waals surface area (Å²) in [6.07, 6.45) is 2.37. The topological polar surface area (TPSA) is 12.0 Å². The van der Waals surface area contributed by atoms with Crippen LogP contribution in [0.2, 0.25) is 0 Å². The third-order valence-corrected chi connectivity index (χ3v) is 4.76. The van der Waals surface area contributed by atoms with E-state index >= 15 is 0 Å². The summed E-state index contributed by atoms with van der Waals surface area (Å²) >= 11 is 2.05. The van der Waals surface area contributed by atoms with Crippen LogP contribution in [-0.4, -0.2) is 24.6 Å². The molecule has 2 rings (SSSR count). The molecule has 0 aliphatic rings. The molecule has 1 unspecified atom stereocenters. The predicted molar refractivity (Wildman–Crippen MR) is 88.1 cm³/mol. The Bertz CT molecular complexity index is 504. The Balaban J connectivity index is 2.10. The van der Waals surface area contributed by atoms with Gasteiger partial charge in [-0.15, -0.1) is 0 Å². The van der Waals surface area contributed by atoms with Gasteiger partial charge in [0, 0.05) is 11.8 Å². The highest BCUT2D eigenvalue weighted by Crippen LogP contribution is 2.20. The average molecular weight is 273 g/mol. The summed E-state index contributed by atoms with van der Waals surface area (Å²) in [6, 6.07) is 15.8. The summed E-state index contributed by atoms with van der Waals surface area (Å²) in [5, 5.41) is 6.19. The number of fused-ring (bicyclic) bond motifs is 1. The first-order valence-corrected chi connectivity index (χ1v) is 8.22. The largest absolute Gasteiger partial charge is 0.316 e. The van der Waals surface area contributed by atoms with Gasteiger partial charge in [-0.2, -0.15) is 11.8 Å². The van der Waals surface area contributed by atoms with Crippen LogP contribution in [0.4, 0.5) is 0 Å². The lowest BCUT2D eigenvalue weighted by Gasteiger charge is -2.17. The monoisotopic (exact) mass is 273 g/mol. The van der Waals surface area contributed by atoms with Crippen molar-refractivity contribution in [3.05, 3.63) is 48.0 Å². The molecule has 0 aliphatic carbocycles. The minimum atomic E-state index is 0.558. The van der Waals surface area contributed by atoms with E-state index in [9.17, 15) is 0 Å². The number of nitrogens with one attached hydrogen (secondary N) is 1. The van der Waals surface area contributed by atoms with Crippen LogP contribution < -0.4 is 5.32 Å². The molecule has 0 bridgehead atoms. The maximum Gasteiger partial charge on any atom is 0.0195 e. The molecule has 0 spiro atoms. The second-order valence-corrected chi connectivity index (χ2v) is 6.05. The fourth-order valence-corrected chi connectivity index (χ4v) is 3.37. The van der Waals surface area contributed by atoms with Crippen LogP contribution in [-0.2, 0) is 6.42 Å². The van der Waals surface area contributed by atoms with Crippen molar-refractivity contribution < 1.29 is 0 Å². The van der Waals surface area contributed by atoms with Gasteiger partial charge in [-0.1, -0.05) is 49.4 Å². The van der Waals surface area contributed by atoms with Crippen LogP contribution in [0.1, 0.15) is 18.9 Å². The maximum atomic E-state index is 3.45. The summed E-state index contributed by atoms with van der Waals surface area (Å²) < 4.78 is 0. The fourth-order valence-electron chi connectivity index (χ4n) is 2.35. The number of hydrogen-bond acceptors (Lipinski definition) is 2. The Labute approximate surface area is 120 Å². The van der Waals surface area contributed by atoms with Crippen molar-refractivity contribution >= 4 is 22.5 Å². The van der Waals surface area contributed by atoms with Crippen LogP contribution in [0.15, 0.2) is 42.5 Å². The van der Waals surface area contributed by atoms with Gasteiger partial charge in [-0.05, 0) is 42.0 Å². The molecule has 102 valence electrons. The minimum absolute atomic E-state index is 0.558. The number of likely N-dealkylation sites (N-methyl/N-ethyl adjacent to an activating group) is 1. The molecule has 2 aromatic carbocycles.